The van der Waals surface area contributed by atoms with Crippen LogP contribution in [0.15, 0.2) is 194 Å². The van der Waals surface area contributed by atoms with E-state index in [-0.39, 0.29) is 0 Å². The van der Waals surface area contributed by atoms with Crippen LogP contribution in [0.3, 0.4) is 0 Å². The monoisotopic (exact) mass is 653 g/mol. The first-order chi connectivity index (χ1) is 25.1. The second kappa shape index (κ2) is 14.3. The second-order valence-corrected chi connectivity index (χ2v) is 13.5. The molecule has 8 aromatic rings. The molecule has 0 aliphatic heterocycles. The fraction of sp³-hybridized carbons (Fsp3) is 0.0600. The van der Waals surface area contributed by atoms with Crippen LogP contribution in [0.2, 0.25) is 0 Å². The van der Waals surface area contributed by atoms with E-state index in [1.54, 1.807) is 0 Å². The average molecular weight is 654 g/mol. The molecule has 0 saturated carbocycles. The van der Waals surface area contributed by atoms with Crippen LogP contribution >= 0.6 is 0 Å². The highest BCUT2D eigenvalue weighted by molar-refractivity contribution is 5.85. The molecule has 0 spiro atoms. The molecule has 0 radical (unpaired) electrons. The van der Waals surface area contributed by atoms with Gasteiger partial charge in [-0.05, 0) is 121 Å². The van der Waals surface area contributed by atoms with Gasteiger partial charge >= 0.3 is 0 Å². The Morgan fingerprint density at radius 3 is 1.06 bits per heavy atom. The summed E-state index contributed by atoms with van der Waals surface area (Å²) >= 11 is 0. The zero-order valence-corrected chi connectivity index (χ0v) is 29.0. The molecule has 1 heteroatoms. The molecular formula is C50H39N. The minimum Gasteiger partial charge on any atom is -0.256 e. The fourth-order valence-electron chi connectivity index (χ4n) is 6.97. The number of aromatic nitrogens is 1. The summed E-state index contributed by atoms with van der Waals surface area (Å²) in [5, 5.41) is 0. The molecule has 0 bridgehead atoms. The largest absolute Gasteiger partial charge is 0.256 e. The minimum atomic E-state index is 0.362. The van der Waals surface area contributed by atoms with Gasteiger partial charge in [-0.3, -0.25) is 4.98 Å². The highest BCUT2D eigenvalue weighted by atomic mass is 14.7. The van der Waals surface area contributed by atoms with Crippen LogP contribution in [0.4, 0.5) is 0 Å². The molecule has 0 atom stereocenters. The Morgan fingerprint density at radius 2 is 0.686 bits per heavy atom. The van der Waals surface area contributed by atoms with Crippen molar-refractivity contribution in [2.24, 2.45) is 0 Å². The maximum Gasteiger partial charge on any atom is 0.0702 e. The first-order valence-electron chi connectivity index (χ1n) is 17.7. The number of hydrogen-bond acceptors (Lipinski definition) is 1. The van der Waals surface area contributed by atoms with E-state index in [0.29, 0.717) is 5.92 Å². The SMILES string of the molecule is CC(C)c1ccc(-c2ccc(-c3cc(-c4ccccc4)cc(-c4ccccc4)c3)cn2)cc1-c1cc(-c2ccccc2)cc(-c2ccccc2)c1. The topological polar surface area (TPSA) is 12.9 Å². The molecule has 0 unspecified atom stereocenters. The minimum absolute atomic E-state index is 0.362. The van der Waals surface area contributed by atoms with Crippen molar-refractivity contribution in [3.63, 3.8) is 0 Å². The smallest absolute Gasteiger partial charge is 0.0702 e. The van der Waals surface area contributed by atoms with Gasteiger partial charge in [0.1, 0.15) is 0 Å². The molecule has 51 heavy (non-hydrogen) atoms. The van der Waals surface area contributed by atoms with Crippen LogP contribution < -0.4 is 0 Å². The van der Waals surface area contributed by atoms with Gasteiger partial charge in [-0.25, -0.2) is 0 Å². The molecule has 1 nitrogen and oxygen atoms in total. The molecule has 7 aromatic carbocycles. The highest BCUT2D eigenvalue weighted by Crippen LogP contribution is 2.39. The molecule has 0 saturated heterocycles. The third kappa shape index (κ3) is 6.93. The number of hydrogen-bond donors (Lipinski definition) is 0. The Hall–Kier alpha value is -6.31. The molecule has 244 valence electrons. The van der Waals surface area contributed by atoms with Gasteiger partial charge in [0.05, 0.1) is 5.69 Å². The lowest BCUT2D eigenvalue weighted by molar-refractivity contribution is 0.869. The van der Waals surface area contributed by atoms with Crippen LogP contribution in [0.5, 0.6) is 0 Å². The van der Waals surface area contributed by atoms with Crippen LogP contribution in [0.1, 0.15) is 25.3 Å². The van der Waals surface area contributed by atoms with Crippen molar-refractivity contribution < 1.29 is 0 Å². The summed E-state index contributed by atoms with van der Waals surface area (Å²) in [6, 6.07) is 67.6. The van der Waals surface area contributed by atoms with Crippen LogP contribution in [0.25, 0.3) is 78.0 Å². The first-order valence-corrected chi connectivity index (χ1v) is 17.7. The van der Waals surface area contributed by atoms with E-state index in [4.69, 9.17) is 4.98 Å². The van der Waals surface area contributed by atoms with Gasteiger partial charge in [-0.2, -0.15) is 0 Å². The summed E-state index contributed by atoms with van der Waals surface area (Å²) in [6.07, 6.45) is 2.02. The summed E-state index contributed by atoms with van der Waals surface area (Å²) in [5.41, 5.74) is 17.7. The lowest BCUT2D eigenvalue weighted by atomic mass is 9.87. The third-order valence-electron chi connectivity index (χ3n) is 9.67. The van der Waals surface area contributed by atoms with Gasteiger partial charge in [0.15, 0.2) is 0 Å². The summed E-state index contributed by atoms with van der Waals surface area (Å²) in [7, 11) is 0. The Morgan fingerprint density at radius 1 is 0.314 bits per heavy atom. The molecule has 1 heterocycles. The number of pyridine rings is 1. The second-order valence-electron chi connectivity index (χ2n) is 13.5. The lowest BCUT2D eigenvalue weighted by Gasteiger charge is -2.18. The molecule has 0 fully saturated rings. The van der Waals surface area contributed by atoms with Gasteiger partial charge < -0.3 is 0 Å². The van der Waals surface area contributed by atoms with Gasteiger partial charge in [0.25, 0.3) is 0 Å². The summed E-state index contributed by atoms with van der Waals surface area (Å²) < 4.78 is 0. The predicted octanol–water partition coefficient (Wildman–Crippen LogP) is 13.9. The van der Waals surface area contributed by atoms with E-state index in [2.05, 4.69) is 202 Å². The van der Waals surface area contributed by atoms with Gasteiger partial charge in [-0.15, -0.1) is 0 Å². The van der Waals surface area contributed by atoms with Crippen molar-refractivity contribution in [1.82, 2.24) is 4.98 Å². The van der Waals surface area contributed by atoms with Gasteiger partial charge in [0, 0.05) is 17.3 Å². The summed E-state index contributed by atoms with van der Waals surface area (Å²) in [4.78, 5) is 5.07. The molecule has 0 N–H and O–H groups in total. The Labute approximate surface area is 301 Å². The van der Waals surface area contributed by atoms with E-state index in [9.17, 15) is 0 Å². The van der Waals surface area contributed by atoms with Gasteiger partial charge in [-0.1, -0.05) is 153 Å². The zero-order valence-electron chi connectivity index (χ0n) is 29.0. The number of rotatable bonds is 8. The van der Waals surface area contributed by atoms with Crippen molar-refractivity contribution in [3.05, 3.63) is 200 Å². The van der Waals surface area contributed by atoms with Crippen molar-refractivity contribution in [1.29, 1.82) is 0 Å². The quantitative estimate of drug-likeness (QED) is 0.159. The van der Waals surface area contributed by atoms with E-state index < -0.39 is 0 Å². The molecule has 0 aliphatic carbocycles. The van der Waals surface area contributed by atoms with E-state index in [1.807, 2.05) is 6.20 Å². The van der Waals surface area contributed by atoms with Gasteiger partial charge in [0.2, 0.25) is 0 Å². The fourth-order valence-corrected chi connectivity index (χ4v) is 6.97. The molecule has 8 rings (SSSR count). The van der Waals surface area contributed by atoms with Crippen LogP contribution in [0, 0.1) is 0 Å². The van der Waals surface area contributed by atoms with Crippen molar-refractivity contribution in [3.8, 4) is 78.0 Å². The predicted molar refractivity (Wildman–Crippen MR) is 216 cm³/mol. The van der Waals surface area contributed by atoms with E-state index in [1.165, 1.54) is 61.2 Å². The van der Waals surface area contributed by atoms with E-state index >= 15 is 0 Å². The molecule has 0 aliphatic rings. The molecule has 0 amide bonds. The average Bonchev–Trinajstić information content (AvgIpc) is 3.21. The molecular weight excluding hydrogens is 615 g/mol. The number of benzene rings is 7. The van der Waals surface area contributed by atoms with Crippen LogP contribution in [-0.4, -0.2) is 4.98 Å². The normalized spacial score (nSPS) is 11.1. The summed E-state index contributed by atoms with van der Waals surface area (Å²) in [5.74, 6) is 0.362. The van der Waals surface area contributed by atoms with E-state index in [0.717, 1.165) is 22.4 Å². The third-order valence-corrected chi connectivity index (χ3v) is 9.67. The van der Waals surface area contributed by atoms with Crippen molar-refractivity contribution >= 4 is 0 Å². The zero-order chi connectivity index (χ0) is 34.6. The van der Waals surface area contributed by atoms with Crippen molar-refractivity contribution in [2.45, 2.75) is 19.8 Å². The Balaban J connectivity index is 1.20. The van der Waals surface area contributed by atoms with Crippen molar-refractivity contribution in [2.75, 3.05) is 0 Å². The van der Waals surface area contributed by atoms with Crippen LogP contribution in [-0.2, 0) is 0 Å². The molecule has 1 aromatic heterocycles. The standard InChI is InChI=1S/C50H39N/c1-35(2)48-25-23-40(33-49(48)47-31-44(38-19-11-5-12-20-38)28-45(32-47)39-21-13-6-14-22-39)50-26-24-41(34-51-50)46-29-42(36-15-7-3-8-16-36)27-43(30-46)37-17-9-4-10-18-37/h3-35H,1-2H3. The summed E-state index contributed by atoms with van der Waals surface area (Å²) in [6.45, 7) is 4.55. The number of nitrogens with zero attached hydrogens (tertiary/aromatic N) is 1. The highest BCUT2D eigenvalue weighted by Gasteiger charge is 2.15. The maximum absolute atomic E-state index is 5.07. The lowest BCUT2D eigenvalue weighted by Crippen LogP contribution is -1.95. The Bertz CT molecular complexity index is 2280. The Kier molecular flexibility index (Phi) is 8.94. The first kappa shape index (κ1) is 31.9. The maximum atomic E-state index is 5.07.